The van der Waals surface area contributed by atoms with Crippen molar-refractivity contribution < 1.29 is 28.8 Å². The molecular formula is C24H15N3O6. The Bertz CT molecular complexity index is 1100. The summed E-state index contributed by atoms with van der Waals surface area (Å²) in [5.41, 5.74) is 2.82. The second-order valence-electron chi connectivity index (χ2n) is 6.99. The van der Waals surface area contributed by atoms with Crippen molar-refractivity contribution in [1.82, 2.24) is 16.0 Å². The van der Waals surface area contributed by atoms with Crippen molar-refractivity contribution in [1.29, 1.82) is 0 Å². The van der Waals surface area contributed by atoms with E-state index in [0.717, 1.165) is 0 Å². The van der Waals surface area contributed by atoms with Gasteiger partial charge in [-0.15, -0.1) is 0 Å². The van der Waals surface area contributed by atoms with Crippen LogP contribution in [-0.2, 0) is 0 Å². The zero-order valence-electron chi connectivity index (χ0n) is 16.9. The fourth-order valence-corrected chi connectivity index (χ4v) is 3.35. The van der Waals surface area contributed by atoms with Crippen LogP contribution in [0.1, 0.15) is 62.1 Å². The molecule has 0 saturated carbocycles. The number of hydrogen-bond acceptors (Lipinski definition) is 6. The number of amides is 6. The second kappa shape index (κ2) is 8.67. The molecule has 0 radical (unpaired) electrons. The zero-order chi connectivity index (χ0) is 23.5. The van der Waals surface area contributed by atoms with E-state index in [-0.39, 0.29) is 35.4 Å². The largest absolute Gasteiger partial charge is 0.288 e. The molecule has 6 amide bonds. The summed E-state index contributed by atoms with van der Waals surface area (Å²) in [6.07, 6.45) is 0. The third-order valence-corrected chi connectivity index (χ3v) is 4.93. The maximum atomic E-state index is 10.9. The summed E-state index contributed by atoms with van der Waals surface area (Å²) in [7, 11) is 0. The van der Waals surface area contributed by atoms with E-state index in [1.807, 2.05) is 0 Å². The van der Waals surface area contributed by atoms with E-state index in [4.69, 9.17) is 0 Å². The average Bonchev–Trinajstić information content (AvgIpc) is 3.41. The third kappa shape index (κ3) is 4.15. The van der Waals surface area contributed by atoms with Crippen LogP contribution in [-0.4, -0.2) is 35.4 Å². The Morgan fingerprint density at radius 2 is 0.455 bits per heavy atom. The molecule has 3 aromatic carbocycles. The van der Waals surface area contributed by atoms with Crippen molar-refractivity contribution in [3.63, 3.8) is 0 Å². The van der Waals surface area contributed by atoms with Gasteiger partial charge in [-0.05, 0) is 36.4 Å². The molecule has 3 aliphatic rings. The standard InChI is InChI=1S/3C8H5NO2/c3*10-7-5-3-1-2-4-6(5)8(11)9-7/h3*1-4H,(H,9,10,11). The lowest BCUT2D eigenvalue weighted by atomic mass is 10.1. The van der Waals surface area contributed by atoms with Crippen LogP contribution in [0.25, 0.3) is 0 Å². The molecule has 0 fully saturated rings. The van der Waals surface area contributed by atoms with Gasteiger partial charge < -0.3 is 0 Å². The van der Waals surface area contributed by atoms with Crippen LogP contribution in [0.4, 0.5) is 0 Å². The maximum Gasteiger partial charge on any atom is 0.258 e. The van der Waals surface area contributed by atoms with E-state index in [1.165, 1.54) is 0 Å². The molecule has 3 aromatic rings. The average molecular weight is 441 g/mol. The molecule has 0 aromatic heterocycles. The van der Waals surface area contributed by atoms with Crippen LogP contribution in [0.2, 0.25) is 0 Å². The number of nitrogens with one attached hydrogen (secondary N) is 3. The Labute approximate surface area is 186 Å². The highest BCUT2D eigenvalue weighted by Gasteiger charge is 2.26. The fourth-order valence-electron chi connectivity index (χ4n) is 3.35. The number of benzene rings is 3. The van der Waals surface area contributed by atoms with Gasteiger partial charge in [0.15, 0.2) is 0 Å². The molecule has 162 valence electrons. The summed E-state index contributed by atoms with van der Waals surface area (Å²) in [6, 6.07) is 20.2. The van der Waals surface area contributed by atoms with Crippen molar-refractivity contribution in [2.24, 2.45) is 0 Å². The van der Waals surface area contributed by atoms with Gasteiger partial charge >= 0.3 is 0 Å². The molecule has 9 heteroatoms. The van der Waals surface area contributed by atoms with Gasteiger partial charge in [-0.1, -0.05) is 36.4 Å². The zero-order valence-corrected chi connectivity index (χ0v) is 16.9. The predicted octanol–water partition coefficient (Wildman–Crippen LogP) is 1.71. The predicted molar refractivity (Wildman–Crippen MR) is 115 cm³/mol. The van der Waals surface area contributed by atoms with E-state index in [2.05, 4.69) is 16.0 Å². The summed E-state index contributed by atoms with van der Waals surface area (Å²) >= 11 is 0. The van der Waals surface area contributed by atoms with Crippen LogP contribution >= 0.6 is 0 Å². The molecule has 0 bridgehead atoms. The minimum absolute atomic E-state index is 0.300. The van der Waals surface area contributed by atoms with Crippen molar-refractivity contribution in [2.45, 2.75) is 0 Å². The molecule has 9 nitrogen and oxygen atoms in total. The number of fused-ring (bicyclic) bond motifs is 3. The molecule has 0 atom stereocenters. The molecule has 3 N–H and O–H groups in total. The maximum absolute atomic E-state index is 10.9. The number of hydrogen-bond donors (Lipinski definition) is 3. The lowest BCUT2D eigenvalue weighted by Crippen LogP contribution is -2.19. The highest BCUT2D eigenvalue weighted by atomic mass is 16.2. The topological polar surface area (TPSA) is 139 Å². The van der Waals surface area contributed by atoms with Gasteiger partial charge in [-0.2, -0.15) is 0 Å². The Kier molecular flexibility index (Phi) is 5.60. The molecular weight excluding hydrogens is 426 g/mol. The van der Waals surface area contributed by atoms with Crippen LogP contribution in [0, 0.1) is 0 Å². The van der Waals surface area contributed by atoms with Crippen molar-refractivity contribution in [2.75, 3.05) is 0 Å². The first-order valence-electron chi connectivity index (χ1n) is 9.71. The van der Waals surface area contributed by atoms with E-state index in [0.29, 0.717) is 33.4 Å². The van der Waals surface area contributed by atoms with Gasteiger partial charge in [0.25, 0.3) is 35.4 Å². The molecule has 0 aliphatic carbocycles. The third-order valence-electron chi connectivity index (χ3n) is 4.93. The summed E-state index contributed by atoms with van der Waals surface area (Å²) in [5.74, 6) is -1.80. The van der Waals surface area contributed by atoms with Crippen molar-refractivity contribution >= 4 is 35.4 Å². The fraction of sp³-hybridized carbons (Fsp3) is 0. The molecule has 0 spiro atoms. The lowest BCUT2D eigenvalue weighted by molar-refractivity contribution is 0.0863. The second-order valence-corrected chi connectivity index (χ2v) is 6.99. The van der Waals surface area contributed by atoms with Crippen molar-refractivity contribution in [3.05, 3.63) is 106 Å². The van der Waals surface area contributed by atoms with Crippen LogP contribution in [0.3, 0.4) is 0 Å². The number of rotatable bonds is 0. The SMILES string of the molecule is O=C1NC(=O)c2ccccc21.O=C1NC(=O)c2ccccc21.O=C1NC(=O)c2ccccc21. The van der Waals surface area contributed by atoms with E-state index in [1.54, 1.807) is 72.8 Å². The van der Waals surface area contributed by atoms with Gasteiger partial charge in [0, 0.05) is 0 Å². The molecule has 33 heavy (non-hydrogen) atoms. The lowest BCUT2D eigenvalue weighted by Gasteiger charge is -1.88. The first-order chi connectivity index (χ1) is 15.9. The van der Waals surface area contributed by atoms with E-state index in [9.17, 15) is 28.8 Å². The Balaban J connectivity index is 0.000000118. The monoisotopic (exact) mass is 441 g/mol. The molecule has 6 rings (SSSR count). The number of carbonyl (C=O) groups is 6. The summed E-state index contributed by atoms with van der Waals surface area (Å²) < 4.78 is 0. The molecule has 0 saturated heterocycles. The van der Waals surface area contributed by atoms with Crippen molar-refractivity contribution in [3.8, 4) is 0 Å². The Hall–Kier alpha value is -4.92. The van der Waals surface area contributed by atoms with Gasteiger partial charge in [0.2, 0.25) is 0 Å². The normalized spacial score (nSPS) is 14.5. The van der Waals surface area contributed by atoms with Gasteiger partial charge in [0.05, 0.1) is 33.4 Å². The summed E-state index contributed by atoms with van der Waals surface area (Å²) in [6.45, 7) is 0. The van der Waals surface area contributed by atoms with E-state index >= 15 is 0 Å². The van der Waals surface area contributed by atoms with Gasteiger partial charge in [-0.25, -0.2) is 0 Å². The molecule has 3 heterocycles. The Morgan fingerprint density at radius 1 is 0.303 bits per heavy atom. The van der Waals surface area contributed by atoms with Gasteiger partial charge in [-0.3, -0.25) is 44.7 Å². The number of imide groups is 3. The van der Waals surface area contributed by atoms with E-state index < -0.39 is 0 Å². The quantitative estimate of drug-likeness (QED) is 0.454. The number of carbonyl (C=O) groups excluding carboxylic acids is 6. The minimum Gasteiger partial charge on any atom is -0.288 e. The highest BCUT2D eigenvalue weighted by molar-refractivity contribution is 6.22. The molecule has 0 unspecified atom stereocenters. The first-order valence-corrected chi connectivity index (χ1v) is 9.71. The summed E-state index contributed by atoms with van der Waals surface area (Å²) in [4.78, 5) is 65.7. The van der Waals surface area contributed by atoms with Crippen LogP contribution < -0.4 is 16.0 Å². The Morgan fingerprint density at radius 3 is 0.606 bits per heavy atom. The van der Waals surface area contributed by atoms with Crippen LogP contribution in [0.5, 0.6) is 0 Å². The molecule has 3 aliphatic heterocycles. The highest BCUT2D eigenvalue weighted by Crippen LogP contribution is 2.15. The summed E-state index contributed by atoms with van der Waals surface area (Å²) in [5, 5.41) is 6.61. The van der Waals surface area contributed by atoms with Crippen LogP contribution in [0.15, 0.2) is 72.8 Å². The minimum atomic E-state index is -0.300. The van der Waals surface area contributed by atoms with Gasteiger partial charge in [0.1, 0.15) is 0 Å². The smallest absolute Gasteiger partial charge is 0.258 e. The first kappa shape index (κ1) is 21.3.